The molecule has 0 fully saturated rings. The highest BCUT2D eigenvalue weighted by Crippen LogP contribution is 2.36. The van der Waals surface area contributed by atoms with Gasteiger partial charge in [0.15, 0.2) is 0 Å². The summed E-state index contributed by atoms with van der Waals surface area (Å²) in [5.41, 5.74) is 4.48. The molecular formula is C31H39NO3. The van der Waals surface area contributed by atoms with Crippen LogP contribution >= 0.6 is 0 Å². The van der Waals surface area contributed by atoms with Crippen LogP contribution in [0.15, 0.2) is 78.9 Å². The van der Waals surface area contributed by atoms with Crippen LogP contribution < -0.4 is 4.74 Å². The van der Waals surface area contributed by atoms with E-state index in [2.05, 4.69) is 81.1 Å². The van der Waals surface area contributed by atoms with Gasteiger partial charge in [-0.15, -0.1) is 0 Å². The molecule has 186 valence electrons. The van der Waals surface area contributed by atoms with Crippen molar-refractivity contribution in [2.45, 2.75) is 72.3 Å². The van der Waals surface area contributed by atoms with Crippen LogP contribution in [0.25, 0.3) is 0 Å². The van der Waals surface area contributed by atoms with Gasteiger partial charge in [0.2, 0.25) is 0 Å². The zero-order chi connectivity index (χ0) is 25.2. The lowest BCUT2D eigenvalue weighted by Gasteiger charge is -2.32. The Hall–Kier alpha value is -3.11. The number of nitrogens with zero attached hydrogens (tertiary/aromatic N) is 1. The largest absolute Gasteiger partial charge is 0.489 e. The van der Waals surface area contributed by atoms with E-state index < -0.39 is 0 Å². The van der Waals surface area contributed by atoms with Gasteiger partial charge in [-0.2, -0.15) is 0 Å². The Morgan fingerprint density at radius 1 is 0.800 bits per heavy atom. The van der Waals surface area contributed by atoms with Crippen molar-refractivity contribution >= 4 is 5.97 Å². The maximum atomic E-state index is 11.4. The second kappa shape index (κ2) is 13.1. The monoisotopic (exact) mass is 473 g/mol. The van der Waals surface area contributed by atoms with E-state index in [-0.39, 0.29) is 18.5 Å². The van der Waals surface area contributed by atoms with E-state index in [1.54, 1.807) is 0 Å². The highest BCUT2D eigenvalue weighted by atomic mass is 16.5. The molecule has 0 aliphatic rings. The normalized spacial score (nSPS) is 12.2. The molecule has 3 rings (SSSR count). The minimum Gasteiger partial charge on any atom is -0.489 e. The molecule has 0 radical (unpaired) electrons. The van der Waals surface area contributed by atoms with Gasteiger partial charge in [0.05, 0.1) is 0 Å². The van der Waals surface area contributed by atoms with E-state index in [4.69, 9.17) is 9.47 Å². The van der Waals surface area contributed by atoms with E-state index in [0.717, 1.165) is 35.4 Å². The Balaban J connectivity index is 1.97. The van der Waals surface area contributed by atoms with Crippen molar-refractivity contribution < 1.29 is 14.3 Å². The van der Waals surface area contributed by atoms with Crippen molar-refractivity contribution in [2.24, 2.45) is 0 Å². The predicted molar refractivity (Wildman–Crippen MR) is 143 cm³/mol. The van der Waals surface area contributed by atoms with Crippen molar-refractivity contribution in [1.82, 2.24) is 4.90 Å². The van der Waals surface area contributed by atoms with Gasteiger partial charge in [0.1, 0.15) is 19.0 Å². The molecule has 0 heterocycles. The fraction of sp³-hybridized carbons (Fsp3) is 0.387. The molecule has 0 bridgehead atoms. The van der Waals surface area contributed by atoms with Gasteiger partial charge in [0.25, 0.3) is 0 Å². The summed E-state index contributed by atoms with van der Waals surface area (Å²) in [7, 11) is 0. The Labute approximate surface area is 210 Å². The third-order valence-electron chi connectivity index (χ3n) is 6.33. The third kappa shape index (κ3) is 7.97. The first kappa shape index (κ1) is 26.5. The standard InChI is InChI=1S/C31H39NO3/c1-23(2)32(24(3)4)19-18-29(28-14-10-7-11-15-28)30-20-27(22-34-25(5)33)16-17-31(30)35-21-26-12-8-6-9-13-26/h6-17,20,23-24,29H,18-19,21-22H2,1-5H3. The number of ether oxygens (including phenoxy) is 2. The molecule has 4 heteroatoms. The van der Waals surface area contributed by atoms with E-state index in [0.29, 0.717) is 18.7 Å². The number of hydrogen-bond acceptors (Lipinski definition) is 4. The molecule has 0 saturated heterocycles. The Bertz CT molecular complexity index is 1040. The van der Waals surface area contributed by atoms with E-state index in [1.165, 1.54) is 12.5 Å². The van der Waals surface area contributed by atoms with Crippen molar-refractivity contribution in [1.29, 1.82) is 0 Å². The summed E-state index contributed by atoms with van der Waals surface area (Å²) in [5, 5.41) is 0. The molecule has 0 spiro atoms. The first-order chi connectivity index (χ1) is 16.8. The first-order valence-electron chi connectivity index (χ1n) is 12.6. The lowest BCUT2D eigenvalue weighted by Crippen LogP contribution is -2.38. The van der Waals surface area contributed by atoms with Gasteiger partial charge in [-0.05, 0) is 69.5 Å². The summed E-state index contributed by atoms with van der Waals surface area (Å²) in [6, 6.07) is 28.0. The van der Waals surface area contributed by atoms with Gasteiger partial charge in [0, 0.05) is 30.5 Å². The van der Waals surface area contributed by atoms with Crippen LogP contribution in [0.1, 0.15) is 69.2 Å². The van der Waals surface area contributed by atoms with Crippen LogP contribution in [0.3, 0.4) is 0 Å². The minimum atomic E-state index is -0.278. The van der Waals surface area contributed by atoms with E-state index in [9.17, 15) is 4.79 Å². The van der Waals surface area contributed by atoms with Gasteiger partial charge < -0.3 is 9.47 Å². The van der Waals surface area contributed by atoms with E-state index >= 15 is 0 Å². The van der Waals surface area contributed by atoms with Crippen molar-refractivity contribution in [2.75, 3.05) is 6.54 Å². The van der Waals surface area contributed by atoms with Gasteiger partial charge in [-0.3, -0.25) is 9.69 Å². The molecule has 3 aromatic rings. The molecule has 1 unspecified atom stereocenters. The second-order valence-corrected chi connectivity index (χ2v) is 9.60. The molecular weight excluding hydrogens is 434 g/mol. The predicted octanol–water partition coefficient (Wildman–Crippen LogP) is 6.97. The van der Waals surface area contributed by atoms with Crippen molar-refractivity contribution in [3.63, 3.8) is 0 Å². The average molecular weight is 474 g/mol. The number of rotatable bonds is 12. The molecule has 35 heavy (non-hydrogen) atoms. The van der Waals surface area contributed by atoms with Crippen LogP contribution in [-0.2, 0) is 22.7 Å². The number of carbonyl (C=O) groups excluding carboxylic acids is 1. The number of benzene rings is 3. The molecule has 0 saturated carbocycles. The minimum absolute atomic E-state index is 0.152. The highest BCUT2D eigenvalue weighted by Gasteiger charge is 2.22. The number of hydrogen-bond donors (Lipinski definition) is 0. The van der Waals surface area contributed by atoms with Gasteiger partial charge in [-0.1, -0.05) is 66.7 Å². The molecule has 4 nitrogen and oxygen atoms in total. The maximum absolute atomic E-state index is 11.4. The van der Waals surface area contributed by atoms with Crippen LogP contribution in [0.2, 0.25) is 0 Å². The summed E-state index contributed by atoms with van der Waals surface area (Å²) >= 11 is 0. The van der Waals surface area contributed by atoms with Crippen LogP contribution in [0.5, 0.6) is 5.75 Å². The molecule has 3 aromatic carbocycles. The summed E-state index contributed by atoms with van der Waals surface area (Å²) < 4.78 is 11.7. The van der Waals surface area contributed by atoms with Crippen LogP contribution in [0, 0.1) is 0 Å². The molecule has 0 N–H and O–H groups in total. The van der Waals surface area contributed by atoms with Gasteiger partial charge in [-0.25, -0.2) is 0 Å². The lowest BCUT2D eigenvalue weighted by molar-refractivity contribution is -0.142. The Morgan fingerprint density at radius 2 is 1.43 bits per heavy atom. The smallest absolute Gasteiger partial charge is 0.302 e. The van der Waals surface area contributed by atoms with Crippen molar-refractivity contribution in [3.8, 4) is 5.75 Å². The summed E-state index contributed by atoms with van der Waals surface area (Å²) in [4.78, 5) is 14.0. The average Bonchev–Trinajstić information content (AvgIpc) is 2.85. The van der Waals surface area contributed by atoms with Crippen molar-refractivity contribution in [3.05, 3.63) is 101 Å². The zero-order valence-corrected chi connectivity index (χ0v) is 21.7. The number of esters is 1. The first-order valence-corrected chi connectivity index (χ1v) is 12.6. The molecule has 0 aromatic heterocycles. The van der Waals surface area contributed by atoms with Crippen LogP contribution in [0.4, 0.5) is 0 Å². The van der Waals surface area contributed by atoms with Crippen LogP contribution in [-0.4, -0.2) is 29.5 Å². The molecule has 0 amide bonds. The van der Waals surface area contributed by atoms with Gasteiger partial charge >= 0.3 is 5.97 Å². The molecule has 0 aliphatic carbocycles. The summed E-state index contributed by atoms with van der Waals surface area (Å²) in [6.45, 7) is 12.2. The maximum Gasteiger partial charge on any atom is 0.302 e. The Morgan fingerprint density at radius 3 is 2.03 bits per heavy atom. The highest BCUT2D eigenvalue weighted by molar-refractivity contribution is 5.66. The third-order valence-corrected chi connectivity index (χ3v) is 6.33. The molecule has 0 aliphatic heterocycles. The summed E-state index contributed by atoms with van der Waals surface area (Å²) in [6.07, 6.45) is 0.957. The van der Waals surface area contributed by atoms with E-state index in [1.807, 2.05) is 30.3 Å². The fourth-order valence-electron chi connectivity index (χ4n) is 4.59. The zero-order valence-electron chi connectivity index (χ0n) is 21.7. The quantitative estimate of drug-likeness (QED) is 0.266. The number of carbonyl (C=O) groups is 1. The molecule has 1 atom stereocenters. The second-order valence-electron chi connectivity index (χ2n) is 9.60. The lowest BCUT2D eigenvalue weighted by atomic mass is 9.86. The Kier molecular flexibility index (Phi) is 9.92. The SMILES string of the molecule is CC(=O)OCc1ccc(OCc2ccccc2)c(C(CCN(C(C)C)C(C)C)c2ccccc2)c1. The topological polar surface area (TPSA) is 38.8 Å². The summed E-state index contributed by atoms with van der Waals surface area (Å²) in [5.74, 6) is 0.745. The fourth-order valence-corrected chi connectivity index (χ4v) is 4.59.